The normalized spacial score (nSPS) is 10.2. The van der Waals surface area contributed by atoms with Crippen molar-refractivity contribution in [3.05, 3.63) is 42.1 Å². The van der Waals surface area contributed by atoms with Gasteiger partial charge in [0.05, 0.1) is 0 Å². The third kappa shape index (κ3) is 1.96. The molecule has 0 aliphatic rings. The van der Waals surface area contributed by atoms with Crippen molar-refractivity contribution in [2.45, 2.75) is 0 Å². The van der Waals surface area contributed by atoms with Crippen LogP contribution in [0.1, 0.15) is 0 Å². The third-order valence-corrected chi connectivity index (χ3v) is 1.98. The van der Waals surface area contributed by atoms with Crippen LogP contribution in [-0.4, -0.2) is 9.97 Å². The van der Waals surface area contributed by atoms with E-state index in [0.29, 0.717) is 11.4 Å². The van der Waals surface area contributed by atoms with Gasteiger partial charge in [0.1, 0.15) is 5.82 Å². The lowest BCUT2D eigenvalue weighted by Crippen LogP contribution is -2.09. The first-order valence-corrected chi connectivity index (χ1v) is 4.46. The van der Waals surface area contributed by atoms with Gasteiger partial charge in [-0.3, -0.25) is 0 Å². The highest BCUT2D eigenvalue weighted by molar-refractivity contribution is 5.56. The van der Waals surface area contributed by atoms with Gasteiger partial charge in [0.25, 0.3) is 0 Å². The van der Waals surface area contributed by atoms with E-state index in [9.17, 15) is 8.78 Å². The SMILES string of the molecule is NNc1ccnc(-c2ccc(F)c(F)c2)n1. The maximum atomic E-state index is 13.0. The smallest absolute Gasteiger partial charge is 0.161 e. The number of nitrogens with zero attached hydrogens (tertiary/aromatic N) is 2. The van der Waals surface area contributed by atoms with Crippen molar-refractivity contribution in [1.29, 1.82) is 0 Å². The van der Waals surface area contributed by atoms with Crippen molar-refractivity contribution < 1.29 is 8.78 Å². The zero-order valence-corrected chi connectivity index (χ0v) is 8.11. The summed E-state index contributed by atoms with van der Waals surface area (Å²) in [6.07, 6.45) is 1.47. The number of hydrogen-bond acceptors (Lipinski definition) is 4. The number of hydrogen-bond donors (Lipinski definition) is 2. The Morgan fingerprint density at radius 2 is 1.94 bits per heavy atom. The summed E-state index contributed by atoms with van der Waals surface area (Å²) in [7, 11) is 0. The largest absolute Gasteiger partial charge is 0.308 e. The number of benzene rings is 1. The van der Waals surface area contributed by atoms with Crippen LogP contribution in [0.25, 0.3) is 11.4 Å². The minimum atomic E-state index is -0.938. The molecule has 0 aliphatic heterocycles. The van der Waals surface area contributed by atoms with Crippen LogP contribution < -0.4 is 11.3 Å². The molecule has 16 heavy (non-hydrogen) atoms. The second kappa shape index (κ2) is 4.19. The maximum Gasteiger partial charge on any atom is 0.161 e. The third-order valence-electron chi connectivity index (χ3n) is 1.98. The van der Waals surface area contributed by atoms with E-state index >= 15 is 0 Å². The highest BCUT2D eigenvalue weighted by atomic mass is 19.2. The number of nitrogens with one attached hydrogen (secondary N) is 1. The van der Waals surface area contributed by atoms with Gasteiger partial charge in [-0.2, -0.15) is 0 Å². The summed E-state index contributed by atoms with van der Waals surface area (Å²) >= 11 is 0. The van der Waals surface area contributed by atoms with Crippen LogP contribution in [-0.2, 0) is 0 Å². The van der Waals surface area contributed by atoms with Gasteiger partial charge in [0.2, 0.25) is 0 Å². The first-order valence-electron chi connectivity index (χ1n) is 4.46. The summed E-state index contributed by atoms with van der Waals surface area (Å²) in [4.78, 5) is 7.93. The van der Waals surface area contributed by atoms with Crippen molar-refractivity contribution in [3.8, 4) is 11.4 Å². The molecular formula is C10H8F2N4. The van der Waals surface area contributed by atoms with Crippen molar-refractivity contribution in [2.24, 2.45) is 5.84 Å². The second-order valence-corrected chi connectivity index (χ2v) is 3.04. The van der Waals surface area contributed by atoms with E-state index in [4.69, 9.17) is 5.84 Å². The van der Waals surface area contributed by atoms with E-state index in [2.05, 4.69) is 15.4 Å². The minimum Gasteiger partial charge on any atom is -0.308 e. The fourth-order valence-corrected chi connectivity index (χ4v) is 1.21. The number of hydrazine groups is 1. The van der Waals surface area contributed by atoms with Crippen molar-refractivity contribution >= 4 is 5.82 Å². The van der Waals surface area contributed by atoms with Crippen LogP contribution in [0.2, 0.25) is 0 Å². The van der Waals surface area contributed by atoms with Gasteiger partial charge in [-0.1, -0.05) is 0 Å². The fourth-order valence-electron chi connectivity index (χ4n) is 1.21. The molecule has 0 fully saturated rings. The Hall–Kier alpha value is -2.08. The van der Waals surface area contributed by atoms with Crippen LogP contribution in [0.4, 0.5) is 14.6 Å². The molecule has 0 spiro atoms. The van der Waals surface area contributed by atoms with E-state index in [0.717, 1.165) is 12.1 Å². The summed E-state index contributed by atoms with van der Waals surface area (Å²) in [5.41, 5.74) is 2.73. The van der Waals surface area contributed by atoms with Crippen LogP contribution >= 0.6 is 0 Å². The molecule has 82 valence electrons. The van der Waals surface area contributed by atoms with E-state index in [-0.39, 0.29) is 5.82 Å². The number of halogens is 2. The number of aromatic nitrogens is 2. The van der Waals surface area contributed by atoms with Gasteiger partial charge in [-0.15, -0.1) is 0 Å². The Balaban J connectivity index is 2.46. The molecule has 2 aromatic rings. The summed E-state index contributed by atoms with van der Waals surface area (Å²) < 4.78 is 25.7. The Morgan fingerprint density at radius 3 is 2.62 bits per heavy atom. The molecule has 3 N–H and O–H groups in total. The Bertz CT molecular complexity index is 516. The average Bonchev–Trinajstić information content (AvgIpc) is 2.33. The summed E-state index contributed by atoms with van der Waals surface area (Å²) in [5.74, 6) is 4.00. The van der Waals surface area contributed by atoms with Crippen molar-refractivity contribution in [1.82, 2.24) is 9.97 Å². The molecular weight excluding hydrogens is 214 g/mol. The summed E-state index contributed by atoms with van der Waals surface area (Å²) in [6.45, 7) is 0. The molecule has 0 atom stereocenters. The van der Waals surface area contributed by atoms with Gasteiger partial charge in [0, 0.05) is 17.8 Å². The van der Waals surface area contributed by atoms with Crippen molar-refractivity contribution in [3.63, 3.8) is 0 Å². The monoisotopic (exact) mass is 222 g/mol. The van der Waals surface area contributed by atoms with Gasteiger partial charge >= 0.3 is 0 Å². The molecule has 0 saturated heterocycles. The van der Waals surface area contributed by atoms with Gasteiger partial charge < -0.3 is 5.43 Å². The Morgan fingerprint density at radius 1 is 1.12 bits per heavy atom. The lowest BCUT2D eigenvalue weighted by atomic mass is 10.2. The molecule has 0 amide bonds. The molecule has 0 aliphatic carbocycles. The topological polar surface area (TPSA) is 63.8 Å². The van der Waals surface area contributed by atoms with E-state index in [1.165, 1.54) is 12.3 Å². The van der Waals surface area contributed by atoms with Gasteiger partial charge in [-0.25, -0.2) is 24.6 Å². The predicted molar refractivity (Wildman–Crippen MR) is 55.2 cm³/mol. The number of nitrogens with two attached hydrogens (primary N) is 1. The van der Waals surface area contributed by atoms with Crippen LogP contribution in [0.5, 0.6) is 0 Å². The zero-order valence-electron chi connectivity index (χ0n) is 8.11. The zero-order chi connectivity index (χ0) is 11.5. The quantitative estimate of drug-likeness (QED) is 0.599. The highest BCUT2D eigenvalue weighted by Gasteiger charge is 2.06. The highest BCUT2D eigenvalue weighted by Crippen LogP contribution is 2.18. The number of anilines is 1. The molecule has 0 unspecified atom stereocenters. The second-order valence-electron chi connectivity index (χ2n) is 3.04. The lowest BCUT2D eigenvalue weighted by Gasteiger charge is -2.03. The number of rotatable bonds is 2. The molecule has 0 saturated carbocycles. The van der Waals surface area contributed by atoms with E-state index in [1.807, 2.05) is 0 Å². The van der Waals surface area contributed by atoms with Gasteiger partial charge in [0.15, 0.2) is 17.5 Å². The van der Waals surface area contributed by atoms with Crippen LogP contribution in [0.15, 0.2) is 30.5 Å². The van der Waals surface area contributed by atoms with Gasteiger partial charge in [-0.05, 0) is 18.2 Å². The van der Waals surface area contributed by atoms with Crippen LogP contribution in [0, 0.1) is 11.6 Å². The van der Waals surface area contributed by atoms with E-state index in [1.54, 1.807) is 6.07 Å². The average molecular weight is 222 g/mol. The molecule has 4 nitrogen and oxygen atoms in total. The summed E-state index contributed by atoms with van der Waals surface area (Å²) in [6, 6.07) is 5.01. The molecule has 1 heterocycles. The lowest BCUT2D eigenvalue weighted by molar-refractivity contribution is 0.509. The standard InChI is InChI=1S/C10H8F2N4/c11-7-2-1-6(5-8(7)12)10-14-4-3-9(15-10)16-13/h1-5H,13H2,(H,14,15,16). The predicted octanol–water partition coefficient (Wildman–Crippen LogP) is 1.71. The van der Waals surface area contributed by atoms with Crippen LogP contribution in [0.3, 0.4) is 0 Å². The fraction of sp³-hybridized carbons (Fsp3) is 0. The Labute approximate surface area is 90.1 Å². The number of nitrogen functional groups attached to an aromatic ring is 1. The maximum absolute atomic E-state index is 13.0. The van der Waals surface area contributed by atoms with Crippen molar-refractivity contribution in [2.75, 3.05) is 5.43 Å². The Kier molecular flexibility index (Phi) is 2.74. The molecule has 6 heteroatoms. The first kappa shape index (κ1) is 10.4. The minimum absolute atomic E-state index is 0.273. The molecule has 2 rings (SSSR count). The summed E-state index contributed by atoms with van der Waals surface area (Å²) in [5, 5.41) is 0. The molecule has 1 aromatic heterocycles. The van der Waals surface area contributed by atoms with E-state index < -0.39 is 11.6 Å². The first-order chi connectivity index (χ1) is 7.70. The molecule has 0 bridgehead atoms. The molecule has 0 radical (unpaired) electrons. The molecule has 1 aromatic carbocycles.